The molecule has 0 radical (unpaired) electrons. The molecule has 0 unspecified atom stereocenters. The predicted octanol–water partition coefficient (Wildman–Crippen LogP) is 1.98. The summed E-state index contributed by atoms with van der Waals surface area (Å²) in [6.45, 7) is 0. The molecule has 2 aromatic heterocycles. The van der Waals surface area contributed by atoms with Crippen LogP contribution in [0.1, 0.15) is 10.5 Å². The summed E-state index contributed by atoms with van der Waals surface area (Å²) in [6, 6.07) is 4.43. The number of hydrogen-bond donors (Lipinski definition) is 1. The molecule has 0 aromatic carbocycles. The fourth-order valence-electron chi connectivity index (χ4n) is 1.35. The highest BCUT2D eigenvalue weighted by atomic mass is 19.1. The second-order valence-corrected chi connectivity index (χ2v) is 3.10. The van der Waals surface area contributed by atoms with Gasteiger partial charge >= 0.3 is 5.97 Å². The van der Waals surface area contributed by atoms with Gasteiger partial charge in [-0.15, -0.1) is 0 Å². The van der Waals surface area contributed by atoms with Gasteiger partial charge in [-0.1, -0.05) is 6.07 Å². The summed E-state index contributed by atoms with van der Waals surface area (Å²) in [7, 11) is 0. The molecular formula is C11H7FN2O2. The van der Waals surface area contributed by atoms with Crippen molar-refractivity contribution in [2.24, 2.45) is 0 Å². The quantitative estimate of drug-likeness (QED) is 0.837. The molecule has 2 heterocycles. The minimum absolute atomic E-state index is 0.186. The minimum Gasteiger partial charge on any atom is -0.476 e. The summed E-state index contributed by atoms with van der Waals surface area (Å²) in [5, 5.41) is 8.91. The number of aromatic carboxylic acids is 1. The molecule has 5 heteroatoms. The number of rotatable bonds is 2. The van der Waals surface area contributed by atoms with E-state index in [0.29, 0.717) is 5.56 Å². The summed E-state index contributed by atoms with van der Waals surface area (Å²) in [6.07, 6.45) is 3.89. The molecule has 1 N–H and O–H groups in total. The van der Waals surface area contributed by atoms with Crippen LogP contribution in [0, 0.1) is 5.82 Å². The Hall–Kier alpha value is -2.30. The molecule has 0 amide bonds. The van der Waals surface area contributed by atoms with Gasteiger partial charge in [0.05, 0.1) is 6.20 Å². The van der Waals surface area contributed by atoms with Gasteiger partial charge in [0.1, 0.15) is 5.82 Å². The third kappa shape index (κ3) is 1.88. The molecule has 0 aliphatic carbocycles. The summed E-state index contributed by atoms with van der Waals surface area (Å²) in [5.41, 5.74) is 0.557. The van der Waals surface area contributed by atoms with Gasteiger partial charge in [0.15, 0.2) is 5.69 Å². The second-order valence-electron chi connectivity index (χ2n) is 3.10. The van der Waals surface area contributed by atoms with Crippen molar-refractivity contribution in [2.75, 3.05) is 0 Å². The highest BCUT2D eigenvalue weighted by molar-refractivity contribution is 5.93. The van der Waals surface area contributed by atoms with E-state index in [-0.39, 0.29) is 11.3 Å². The van der Waals surface area contributed by atoms with Crippen LogP contribution in [0.15, 0.2) is 36.8 Å². The van der Waals surface area contributed by atoms with E-state index in [9.17, 15) is 9.18 Å². The summed E-state index contributed by atoms with van der Waals surface area (Å²) >= 11 is 0. The Morgan fingerprint density at radius 1 is 1.38 bits per heavy atom. The van der Waals surface area contributed by atoms with Gasteiger partial charge in [0.2, 0.25) is 0 Å². The van der Waals surface area contributed by atoms with Crippen LogP contribution in [-0.4, -0.2) is 21.0 Å². The fourth-order valence-corrected chi connectivity index (χ4v) is 1.35. The fraction of sp³-hybridized carbons (Fsp3) is 0. The molecule has 0 atom stereocenters. The molecule has 0 saturated carbocycles. The van der Waals surface area contributed by atoms with E-state index in [1.54, 1.807) is 18.3 Å². The maximum absolute atomic E-state index is 13.0. The molecule has 0 spiro atoms. The Labute approximate surface area is 90.4 Å². The van der Waals surface area contributed by atoms with Crippen molar-refractivity contribution in [3.8, 4) is 11.1 Å². The maximum Gasteiger partial charge on any atom is 0.355 e. The van der Waals surface area contributed by atoms with Crippen molar-refractivity contribution in [3.63, 3.8) is 0 Å². The van der Waals surface area contributed by atoms with Crippen LogP contribution in [0.2, 0.25) is 0 Å². The van der Waals surface area contributed by atoms with Crippen molar-refractivity contribution < 1.29 is 14.3 Å². The molecule has 0 aliphatic rings. The lowest BCUT2D eigenvalue weighted by Gasteiger charge is -2.04. The number of halogens is 1. The van der Waals surface area contributed by atoms with Crippen molar-refractivity contribution in [1.82, 2.24) is 9.97 Å². The van der Waals surface area contributed by atoms with Crippen LogP contribution in [-0.2, 0) is 0 Å². The number of nitrogens with zero attached hydrogens (tertiary/aromatic N) is 2. The Kier molecular flexibility index (Phi) is 2.59. The highest BCUT2D eigenvalue weighted by Crippen LogP contribution is 2.22. The molecule has 0 saturated heterocycles. The Bertz CT molecular complexity index is 529. The van der Waals surface area contributed by atoms with Gasteiger partial charge in [-0.05, 0) is 12.1 Å². The standard InChI is InChI=1S/C11H7FN2O2/c12-8-4-9(7-2-1-3-13-5-7)10(11(15)16)14-6-8/h1-6H,(H,15,16). The molecule has 2 rings (SSSR count). The maximum atomic E-state index is 13.0. The normalized spacial score (nSPS) is 10.1. The summed E-state index contributed by atoms with van der Waals surface area (Å²) < 4.78 is 13.0. The average molecular weight is 218 g/mol. The molecule has 80 valence electrons. The molecule has 0 bridgehead atoms. The van der Waals surface area contributed by atoms with Crippen LogP contribution in [0.3, 0.4) is 0 Å². The van der Waals surface area contributed by atoms with Crippen LogP contribution in [0.25, 0.3) is 11.1 Å². The second kappa shape index (κ2) is 4.06. The van der Waals surface area contributed by atoms with Gasteiger partial charge in [-0.25, -0.2) is 14.2 Å². The zero-order valence-corrected chi connectivity index (χ0v) is 8.09. The number of pyridine rings is 2. The van der Waals surface area contributed by atoms with Crippen LogP contribution >= 0.6 is 0 Å². The number of carbonyl (C=O) groups is 1. The van der Waals surface area contributed by atoms with Crippen molar-refractivity contribution in [3.05, 3.63) is 48.3 Å². The monoisotopic (exact) mass is 218 g/mol. The molecular weight excluding hydrogens is 211 g/mol. The van der Waals surface area contributed by atoms with E-state index in [2.05, 4.69) is 9.97 Å². The lowest BCUT2D eigenvalue weighted by Crippen LogP contribution is -2.03. The van der Waals surface area contributed by atoms with Crippen molar-refractivity contribution >= 4 is 5.97 Å². The largest absolute Gasteiger partial charge is 0.476 e. The van der Waals surface area contributed by atoms with E-state index in [0.717, 1.165) is 12.3 Å². The van der Waals surface area contributed by atoms with E-state index >= 15 is 0 Å². The van der Waals surface area contributed by atoms with E-state index in [4.69, 9.17) is 5.11 Å². The Balaban J connectivity index is 2.63. The zero-order chi connectivity index (χ0) is 11.5. The smallest absolute Gasteiger partial charge is 0.355 e. The van der Waals surface area contributed by atoms with Gasteiger partial charge in [0.25, 0.3) is 0 Å². The van der Waals surface area contributed by atoms with Gasteiger partial charge in [-0.2, -0.15) is 0 Å². The third-order valence-electron chi connectivity index (χ3n) is 2.03. The number of aromatic nitrogens is 2. The topological polar surface area (TPSA) is 63.1 Å². The lowest BCUT2D eigenvalue weighted by atomic mass is 10.1. The summed E-state index contributed by atoms with van der Waals surface area (Å²) in [5.74, 6) is -1.78. The predicted molar refractivity (Wildman–Crippen MR) is 54.4 cm³/mol. The molecule has 0 fully saturated rings. The number of hydrogen-bond acceptors (Lipinski definition) is 3. The van der Waals surface area contributed by atoms with Crippen LogP contribution < -0.4 is 0 Å². The average Bonchev–Trinajstić information content (AvgIpc) is 2.29. The lowest BCUT2D eigenvalue weighted by molar-refractivity contribution is 0.0691. The highest BCUT2D eigenvalue weighted by Gasteiger charge is 2.14. The molecule has 0 aliphatic heterocycles. The first-order valence-electron chi connectivity index (χ1n) is 4.47. The number of carboxylic acids is 1. The van der Waals surface area contributed by atoms with Gasteiger partial charge in [0, 0.05) is 23.5 Å². The summed E-state index contributed by atoms with van der Waals surface area (Å²) in [4.78, 5) is 18.3. The van der Waals surface area contributed by atoms with E-state index < -0.39 is 11.8 Å². The minimum atomic E-state index is -1.20. The SMILES string of the molecule is O=C(O)c1ncc(F)cc1-c1cccnc1. The van der Waals surface area contributed by atoms with E-state index in [1.807, 2.05) is 0 Å². The first-order chi connectivity index (χ1) is 7.68. The first-order valence-corrected chi connectivity index (χ1v) is 4.47. The number of carboxylic acid groups (broad SMARTS) is 1. The zero-order valence-electron chi connectivity index (χ0n) is 8.09. The van der Waals surface area contributed by atoms with Gasteiger partial charge in [-0.3, -0.25) is 4.98 Å². The van der Waals surface area contributed by atoms with Crippen LogP contribution in [0.4, 0.5) is 4.39 Å². The van der Waals surface area contributed by atoms with Crippen molar-refractivity contribution in [2.45, 2.75) is 0 Å². The van der Waals surface area contributed by atoms with E-state index in [1.165, 1.54) is 6.20 Å². The molecule has 2 aromatic rings. The Morgan fingerprint density at radius 3 is 2.81 bits per heavy atom. The molecule has 4 nitrogen and oxygen atoms in total. The van der Waals surface area contributed by atoms with Crippen molar-refractivity contribution in [1.29, 1.82) is 0 Å². The van der Waals surface area contributed by atoms with Crippen LogP contribution in [0.5, 0.6) is 0 Å². The first kappa shape index (κ1) is 10.2. The molecule has 16 heavy (non-hydrogen) atoms. The third-order valence-corrected chi connectivity index (χ3v) is 2.03. The Morgan fingerprint density at radius 2 is 2.19 bits per heavy atom. The van der Waals surface area contributed by atoms with Gasteiger partial charge < -0.3 is 5.11 Å².